The number of rotatable bonds is 6. The first-order chi connectivity index (χ1) is 15.1. The number of pyridine rings is 1. The van der Waals surface area contributed by atoms with Gasteiger partial charge in [-0.3, -0.25) is 4.79 Å². The van der Waals surface area contributed by atoms with Crippen molar-refractivity contribution in [1.29, 1.82) is 0 Å². The standard InChI is InChI=1S/C21H22N8O2/c1-4-15-14-11-22-18(23-21(30)12-8-9-12)10-17(14)29(25-15)16-7-5-6-13(19(16)31-3)20-24-27-28(2)26-20/h5-7,10-12H,4,8-9H2,1-3H3,(H,22,23,30). The second-order valence-electron chi connectivity index (χ2n) is 7.52. The van der Waals surface area contributed by atoms with E-state index in [-0.39, 0.29) is 11.8 Å². The molecule has 1 aliphatic rings. The number of carbonyl (C=O) groups is 1. The molecule has 1 saturated carbocycles. The van der Waals surface area contributed by atoms with Crippen molar-refractivity contribution in [3.8, 4) is 22.8 Å². The zero-order valence-corrected chi connectivity index (χ0v) is 17.5. The van der Waals surface area contributed by atoms with E-state index < -0.39 is 0 Å². The number of aromatic nitrogens is 7. The molecule has 10 nitrogen and oxygen atoms in total. The fourth-order valence-electron chi connectivity index (χ4n) is 3.63. The van der Waals surface area contributed by atoms with Crippen LogP contribution in [0.1, 0.15) is 25.5 Å². The van der Waals surface area contributed by atoms with E-state index >= 15 is 0 Å². The van der Waals surface area contributed by atoms with Crippen LogP contribution in [-0.2, 0) is 18.3 Å². The van der Waals surface area contributed by atoms with Crippen molar-refractivity contribution < 1.29 is 9.53 Å². The van der Waals surface area contributed by atoms with E-state index in [1.807, 2.05) is 35.9 Å². The molecular formula is C21H22N8O2. The number of tetrazole rings is 1. The molecule has 158 valence electrons. The van der Waals surface area contributed by atoms with Crippen LogP contribution < -0.4 is 10.1 Å². The van der Waals surface area contributed by atoms with E-state index in [4.69, 9.17) is 9.84 Å². The lowest BCUT2D eigenvalue weighted by molar-refractivity contribution is -0.117. The van der Waals surface area contributed by atoms with Crippen LogP contribution in [-0.4, -0.2) is 48.0 Å². The van der Waals surface area contributed by atoms with Gasteiger partial charge in [0, 0.05) is 23.6 Å². The molecule has 1 amide bonds. The molecule has 3 aromatic heterocycles. The van der Waals surface area contributed by atoms with Gasteiger partial charge in [-0.2, -0.15) is 9.90 Å². The van der Waals surface area contributed by atoms with Gasteiger partial charge in [-0.1, -0.05) is 13.0 Å². The molecule has 1 aliphatic carbocycles. The largest absolute Gasteiger partial charge is 0.494 e. The summed E-state index contributed by atoms with van der Waals surface area (Å²) in [6.07, 6.45) is 4.38. The SMILES string of the molecule is CCc1nn(-c2cccc(-c3nnn(C)n3)c2OC)c2cc(NC(=O)C3CC3)ncc12. The quantitative estimate of drug-likeness (QED) is 0.512. The Kier molecular flexibility index (Phi) is 4.61. The van der Waals surface area contributed by atoms with Gasteiger partial charge in [0.15, 0.2) is 5.75 Å². The molecule has 0 bridgehead atoms. The lowest BCUT2D eigenvalue weighted by Gasteiger charge is -2.13. The van der Waals surface area contributed by atoms with Crippen LogP contribution in [0.4, 0.5) is 5.82 Å². The maximum atomic E-state index is 12.2. The third-order valence-electron chi connectivity index (χ3n) is 5.35. The van der Waals surface area contributed by atoms with Crippen molar-refractivity contribution in [3.05, 3.63) is 36.2 Å². The van der Waals surface area contributed by atoms with Gasteiger partial charge in [-0.25, -0.2) is 9.67 Å². The predicted octanol–water partition coefficient (Wildman–Crippen LogP) is 2.53. The first-order valence-corrected chi connectivity index (χ1v) is 10.2. The highest BCUT2D eigenvalue weighted by Crippen LogP contribution is 2.36. The second-order valence-corrected chi connectivity index (χ2v) is 7.52. The van der Waals surface area contributed by atoms with Crippen LogP contribution in [0.5, 0.6) is 5.75 Å². The minimum atomic E-state index is 0.0157. The first-order valence-electron chi connectivity index (χ1n) is 10.2. The zero-order chi connectivity index (χ0) is 21.5. The monoisotopic (exact) mass is 418 g/mol. The summed E-state index contributed by atoms with van der Waals surface area (Å²) < 4.78 is 7.58. The lowest BCUT2D eigenvalue weighted by Crippen LogP contribution is -2.14. The number of anilines is 1. The van der Waals surface area contributed by atoms with Crippen LogP contribution in [0.2, 0.25) is 0 Å². The Bertz CT molecular complexity index is 1290. The first kappa shape index (κ1) is 19.2. The van der Waals surface area contributed by atoms with Gasteiger partial charge in [0.25, 0.3) is 0 Å². The topological polar surface area (TPSA) is 113 Å². The molecule has 0 radical (unpaired) electrons. The number of methoxy groups -OCH3 is 1. The number of para-hydroxylation sites is 1. The molecular weight excluding hydrogens is 396 g/mol. The minimum absolute atomic E-state index is 0.0157. The predicted molar refractivity (Wildman–Crippen MR) is 114 cm³/mol. The third-order valence-corrected chi connectivity index (χ3v) is 5.35. The van der Waals surface area contributed by atoms with E-state index in [1.54, 1.807) is 20.4 Å². The summed E-state index contributed by atoms with van der Waals surface area (Å²) in [4.78, 5) is 18.1. The molecule has 1 fully saturated rings. The van der Waals surface area contributed by atoms with Crippen LogP contribution in [0, 0.1) is 5.92 Å². The molecule has 0 spiro atoms. The van der Waals surface area contributed by atoms with Gasteiger partial charge in [-0.15, -0.1) is 10.2 Å². The van der Waals surface area contributed by atoms with Crippen molar-refractivity contribution in [2.75, 3.05) is 12.4 Å². The number of fused-ring (bicyclic) bond motifs is 1. The van der Waals surface area contributed by atoms with Gasteiger partial charge in [0.1, 0.15) is 11.5 Å². The van der Waals surface area contributed by atoms with Crippen molar-refractivity contribution >= 4 is 22.6 Å². The molecule has 0 unspecified atom stereocenters. The number of carbonyl (C=O) groups excluding carboxylic acids is 1. The van der Waals surface area contributed by atoms with E-state index in [9.17, 15) is 4.79 Å². The highest BCUT2D eigenvalue weighted by Gasteiger charge is 2.30. The van der Waals surface area contributed by atoms with Crippen molar-refractivity contribution in [2.24, 2.45) is 13.0 Å². The van der Waals surface area contributed by atoms with E-state index in [1.165, 1.54) is 4.80 Å². The molecule has 5 rings (SSSR count). The summed E-state index contributed by atoms with van der Waals surface area (Å²) in [5.74, 6) is 1.68. The number of nitrogens with zero attached hydrogens (tertiary/aromatic N) is 7. The van der Waals surface area contributed by atoms with E-state index in [0.29, 0.717) is 23.0 Å². The summed E-state index contributed by atoms with van der Waals surface area (Å²) in [6, 6.07) is 7.57. The molecule has 1 aromatic carbocycles. The van der Waals surface area contributed by atoms with Crippen molar-refractivity contribution in [3.63, 3.8) is 0 Å². The van der Waals surface area contributed by atoms with Gasteiger partial charge in [-0.05, 0) is 36.6 Å². The smallest absolute Gasteiger partial charge is 0.228 e. The molecule has 31 heavy (non-hydrogen) atoms. The maximum absolute atomic E-state index is 12.2. The molecule has 0 atom stereocenters. The molecule has 0 aliphatic heterocycles. The van der Waals surface area contributed by atoms with Crippen LogP contribution in [0.15, 0.2) is 30.5 Å². The number of benzene rings is 1. The third kappa shape index (κ3) is 3.39. The Morgan fingerprint density at radius 2 is 2.13 bits per heavy atom. The number of amides is 1. The highest BCUT2D eigenvalue weighted by atomic mass is 16.5. The Morgan fingerprint density at radius 3 is 2.81 bits per heavy atom. The summed E-state index contributed by atoms with van der Waals surface area (Å²) >= 11 is 0. The van der Waals surface area contributed by atoms with Gasteiger partial charge >= 0.3 is 0 Å². The Balaban J connectivity index is 1.66. The maximum Gasteiger partial charge on any atom is 0.228 e. The number of nitrogens with one attached hydrogen (secondary N) is 1. The van der Waals surface area contributed by atoms with E-state index in [2.05, 4.69) is 25.7 Å². The van der Waals surface area contributed by atoms with Gasteiger partial charge in [0.05, 0.1) is 30.9 Å². The zero-order valence-electron chi connectivity index (χ0n) is 17.5. The summed E-state index contributed by atoms with van der Waals surface area (Å²) in [5.41, 5.74) is 3.20. The highest BCUT2D eigenvalue weighted by molar-refractivity contribution is 5.95. The lowest BCUT2D eigenvalue weighted by atomic mass is 10.1. The minimum Gasteiger partial charge on any atom is -0.494 e. The number of hydrogen-bond donors (Lipinski definition) is 1. The second kappa shape index (κ2) is 7.46. The van der Waals surface area contributed by atoms with Crippen LogP contribution in [0.3, 0.4) is 0 Å². The Morgan fingerprint density at radius 1 is 1.29 bits per heavy atom. The van der Waals surface area contributed by atoms with Gasteiger partial charge in [0.2, 0.25) is 11.7 Å². The summed E-state index contributed by atoms with van der Waals surface area (Å²) in [6.45, 7) is 2.05. The molecule has 0 saturated heterocycles. The molecule has 3 heterocycles. The molecule has 1 N–H and O–H groups in total. The fraction of sp³-hybridized carbons (Fsp3) is 0.333. The number of ether oxygens (including phenoxy) is 1. The summed E-state index contributed by atoms with van der Waals surface area (Å²) in [7, 11) is 3.32. The Hall–Kier alpha value is -3.82. The average molecular weight is 418 g/mol. The summed E-state index contributed by atoms with van der Waals surface area (Å²) in [5, 5.41) is 21.0. The van der Waals surface area contributed by atoms with Crippen molar-refractivity contribution in [1.82, 2.24) is 35.0 Å². The number of hydrogen-bond acceptors (Lipinski definition) is 7. The van der Waals surface area contributed by atoms with Gasteiger partial charge < -0.3 is 10.1 Å². The normalized spacial score (nSPS) is 13.5. The number of aryl methyl sites for hydroxylation is 2. The Labute approximate surface area is 178 Å². The van der Waals surface area contributed by atoms with Crippen molar-refractivity contribution in [2.45, 2.75) is 26.2 Å². The fourth-order valence-corrected chi connectivity index (χ4v) is 3.63. The molecule has 10 heteroatoms. The van der Waals surface area contributed by atoms with Crippen LogP contribution in [0.25, 0.3) is 28.0 Å². The van der Waals surface area contributed by atoms with E-state index in [0.717, 1.165) is 41.5 Å². The average Bonchev–Trinajstić information content (AvgIpc) is 3.45. The van der Waals surface area contributed by atoms with Crippen LogP contribution >= 0.6 is 0 Å². The molecule has 4 aromatic rings.